The Hall–Kier alpha value is -0.500. The van der Waals surface area contributed by atoms with Crippen LogP contribution in [0.3, 0.4) is 0 Å². The summed E-state index contributed by atoms with van der Waals surface area (Å²) in [5.41, 5.74) is 9.88. The van der Waals surface area contributed by atoms with Crippen molar-refractivity contribution in [2.45, 2.75) is 20.3 Å². The molecule has 0 heterocycles. The van der Waals surface area contributed by atoms with E-state index in [2.05, 4.69) is 6.92 Å². The first-order valence-corrected chi connectivity index (χ1v) is 2.86. The van der Waals surface area contributed by atoms with Gasteiger partial charge < -0.3 is 11.5 Å². The van der Waals surface area contributed by atoms with Crippen LogP contribution in [0.1, 0.15) is 20.3 Å². The second-order valence-corrected chi connectivity index (χ2v) is 1.31. The monoisotopic (exact) mass is 116 g/mol. The highest BCUT2D eigenvalue weighted by Gasteiger charge is 1.55. The van der Waals surface area contributed by atoms with E-state index in [-0.39, 0.29) is 0 Å². The van der Waals surface area contributed by atoms with Crippen LogP contribution < -0.4 is 11.5 Å². The molecular weight excluding hydrogens is 100 g/mol. The number of nitrogens with two attached hydrogens (primary N) is 2. The van der Waals surface area contributed by atoms with Crippen LogP contribution in [-0.2, 0) is 0 Å². The van der Waals surface area contributed by atoms with Crippen LogP contribution in [0.2, 0.25) is 0 Å². The molecule has 0 aromatic rings. The van der Waals surface area contributed by atoms with Gasteiger partial charge in [0.1, 0.15) is 0 Å². The zero-order valence-electron chi connectivity index (χ0n) is 5.72. The fourth-order valence-corrected chi connectivity index (χ4v) is 0. The summed E-state index contributed by atoms with van der Waals surface area (Å²) in [7, 11) is 0. The lowest BCUT2D eigenvalue weighted by atomic mass is 10.5. The van der Waals surface area contributed by atoms with Gasteiger partial charge in [-0.25, -0.2) is 0 Å². The Morgan fingerprint density at radius 2 is 1.75 bits per heavy atom. The molecule has 8 heavy (non-hydrogen) atoms. The third kappa shape index (κ3) is 49.5. The quantitative estimate of drug-likeness (QED) is 0.533. The SMILES string of the molecule is CC=CN.CCCN. The van der Waals surface area contributed by atoms with E-state index in [0.717, 1.165) is 13.0 Å². The third-order valence-electron chi connectivity index (χ3n) is 0.481. The molecule has 2 heteroatoms. The van der Waals surface area contributed by atoms with E-state index >= 15 is 0 Å². The van der Waals surface area contributed by atoms with Gasteiger partial charge in [0.2, 0.25) is 0 Å². The van der Waals surface area contributed by atoms with Crippen molar-refractivity contribution < 1.29 is 0 Å². The molecule has 0 aliphatic heterocycles. The van der Waals surface area contributed by atoms with Gasteiger partial charge in [0.05, 0.1) is 0 Å². The maximum absolute atomic E-state index is 5.03. The van der Waals surface area contributed by atoms with Gasteiger partial charge in [0.15, 0.2) is 0 Å². The van der Waals surface area contributed by atoms with E-state index in [4.69, 9.17) is 11.5 Å². The van der Waals surface area contributed by atoms with E-state index < -0.39 is 0 Å². The minimum absolute atomic E-state index is 0.819. The lowest BCUT2D eigenvalue weighted by molar-refractivity contribution is 0.932. The smallest absolute Gasteiger partial charge is 0.00799 e. The number of rotatable bonds is 1. The highest BCUT2D eigenvalue weighted by molar-refractivity contribution is 4.66. The maximum atomic E-state index is 5.03. The predicted molar refractivity (Wildman–Crippen MR) is 38.3 cm³/mol. The summed E-state index contributed by atoms with van der Waals surface area (Å²) >= 11 is 0. The van der Waals surface area contributed by atoms with Gasteiger partial charge in [-0.1, -0.05) is 13.0 Å². The lowest BCUT2D eigenvalue weighted by Crippen LogP contribution is -1.93. The highest BCUT2D eigenvalue weighted by Crippen LogP contribution is 1.57. The van der Waals surface area contributed by atoms with E-state index in [1.54, 1.807) is 6.08 Å². The Balaban J connectivity index is 0. The summed E-state index contributed by atoms with van der Waals surface area (Å²) in [6, 6.07) is 0. The third-order valence-corrected chi connectivity index (χ3v) is 0.481. The van der Waals surface area contributed by atoms with Crippen LogP contribution in [0, 0.1) is 0 Å². The van der Waals surface area contributed by atoms with Crippen molar-refractivity contribution in [1.82, 2.24) is 0 Å². The summed E-state index contributed by atoms with van der Waals surface area (Å²) in [5, 5.41) is 0. The van der Waals surface area contributed by atoms with Crippen LogP contribution in [-0.4, -0.2) is 6.54 Å². The second-order valence-electron chi connectivity index (χ2n) is 1.31. The summed E-state index contributed by atoms with van der Waals surface area (Å²) < 4.78 is 0. The zero-order chi connectivity index (χ0) is 6.83. The van der Waals surface area contributed by atoms with Crippen molar-refractivity contribution in [3.05, 3.63) is 12.3 Å². The number of hydrogen-bond acceptors (Lipinski definition) is 2. The van der Waals surface area contributed by atoms with Gasteiger partial charge in [-0.2, -0.15) is 0 Å². The van der Waals surface area contributed by atoms with Gasteiger partial charge in [0, 0.05) is 0 Å². The molecule has 0 radical (unpaired) electrons. The molecule has 4 N–H and O–H groups in total. The molecule has 0 saturated carbocycles. The molecule has 0 fully saturated rings. The maximum Gasteiger partial charge on any atom is -0.00799 e. The van der Waals surface area contributed by atoms with Crippen molar-refractivity contribution in [2.75, 3.05) is 6.54 Å². The first kappa shape index (κ1) is 10.5. The van der Waals surface area contributed by atoms with Crippen LogP contribution in [0.5, 0.6) is 0 Å². The normalized spacial score (nSPS) is 8.38. The second kappa shape index (κ2) is 16.1. The van der Waals surface area contributed by atoms with Gasteiger partial charge in [-0.3, -0.25) is 0 Å². The molecule has 0 aliphatic rings. The van der Waals surface area contributed by atoms with Gasteiger partial charge in [-0.05, 0) is 26.1 Å². The summed E-state index contributed by atoms with van der Waals surface area (Å²) in [4.78, 5) is 0. The molecule has 0 aliphatic carbocycles. The fourth-order valence-electron chi connectivity index (χ4n) is 0. The Bertz CT molecular complexity index is 35.8. The molecular formula is C6H16N2. The summed E-state index contributed by atoms with van der Waals surface area (Å²) in [6.45, 7) is 4.75. The minimum Gasteiger partial charge on any atom is -0.405 e. The van der Waals surface area contributed by atoms with E-state index in [1.807, 2.05) is 6.92 Å². The molecule has 0 amide bonds. The first-order valence-electron chi connectivity index (χ1n) is 2.86. The standard InChI is InChI=1S/C3H9N.C3H7N/c2*1-2-3-4/h2-4H2,1H3;2-3H,4H2,1H3. The van der Waals surface area contributed by atoms with Crippen molar-refractivity contribution in [3.63, 3.8) is 0 Å². The van der Waals surface area contributed by atoms with Crippen molar-refractivity contribution in [1.29, 1.82) is 0 Å². The molecule has 0 bridgehead atoms. The summed E-state index contributed by atoms with van der Waals surface area (Å²) in [5.74, 6) is 0. The summed E-state index contributed by atoms with van der Waals surface area (Å²) in [6.07, 6.45) is 4.38. The molecule has 0 spiro atoms. The Kier molecular flexibility index (Phi) is 21.0. The first-order chi connectivity index (χ1) is 3.83. The Labute approximate surface area is 51.6 Å². The lowest BCUT2D eigenvalue weighted by Gasteiger charge is -1.70. The molecule has 0 rings (SSSR count). The molecule has 50 valence electrons. The van der Waals surface area contributed by atoms with Crippen LogP contribution in [0.4, 0.5) is 0 Å². The zero-order valence-corrected chi connectivity index (χ0v) is 5.72. The fraction of sp³-hybridized carbons (Fsp3) is 0.667. The average molecular weight is 116 g/mol. The van der Waals surface area contributed by atoms with Crippen molar-refractivity contribution in [2.24, 2.45) is 11.5 Å². The van der Waals surface area contributed by atoms with Crippen molar-refractivity contribution in [3.8, 4) is 0 Å². The number of allylic oxidation sites excluding steroid dienone is 1. The number of hydrogen-bond donors (Lipinski definition) is 2. The largest absolute Gasteiger partial charge is 0.405 e. The molecule has 0 unspecified atom stereocenters. The van der Waals surface area contributed by atoms with E-state index in [0.29, 0.717) is 0 Å². The van der Waals surface area contributed by atoms with E-state index in [1.165, 1.54) is 6.20 Å². The van der Waals surface area contributed by atoms with Crippen molar-refractivity contribution >= 4 is 0 Å². The Morgan fingerprint density at radius 1 is 1.50 bits per heavy atom. The van der Waals surface area contributed by atoms with E-state index in [9.17, 15) is 0 Å². The van der Waals surface area contributed by atoms with Crippen LogP contribution in [0.25, 0.3) is 0 Å². The van der Waals surface area contributed by atoms with Gasteiger partial charge in [-0.15, -0.1) is 0 Å². The topological polar surface area (TPSA) is 52.0 Å². The van der Waals surface area contributed by atoms with Gasteiger partial charge in [0.25, 0.3) is 0 Å². The molecule has 0 aromatic carbocycles. The van der Waals surface area contributed by atoms with Gasteiger partial charge >= 0.3 is 0 Å². The molecule has 0 atom stereocenters. The molecule has 2 nitrogen and oxygen atoms in total. The predicted octanol–water partition coefficient (Wildman–Crippen LogP) is 0.834. The molecule has 0 saturated heterocycles. The van der Waals surface area contributed by atoms with Crippen LogP contribution >= 0.6 is 0 Å². The highest BCUT2D eigenvalue weighted by atomic mass is 14.5. The molecule has 0 aromatic heterocycles. The Morgan fingerprint density at radius 3 is 1.75 bits per heavy atom. The minimum atomic E-state index is 0.819. The van der Waals surface area contributed by atoms with Crippen LogP contribution in [0.15, 0.2) is 12.3 Å². The average Bonchev–Trinajstić information content (AvgIpc) is 1.88.